The number of thioether (sulfide) groups is 1. The van der Waals surface area contributed by atoms with Crippen LogP contribution in [0.1, 0.15) is 4.88 Å². The molecule has 0 atom stereocenters. The second kappa shape index (κ2) is 10.7. The number of methoxy groups -OCH3 is 1. The first-order valence-corrected chi connectivity index (χ1v) is 9.71. The number of ether oxygens (including phenoxy) is 3. The molecule has 1 saturated heterocycles. The molecule has 2 heterocycles. The van der Waals surface area contributed by atoms with Crippen molar-refractivity contribution in [2.45, 2.75) is 0 Å². The van der Waals surface area contributed by atoms with Crippen LogP contribution < -0.4 is 0 Å². The first-order chi connectivity index (χ1) is 12.5. The fourth-order valence-electron chi connectivity index (χ4n) is 1.96. The van der Waals surface area contributed by atoms with Crippen LogP contribution in [0.4, 0.5) is 5.00 Å². The lowest BCUT2D eigenvalue weighted by Crippen LogP contribution is -2.31. The Bertz CT molecular complexity index is 691. The number of amides is 1. The number of nitrogens with zero attached hydrogens (tertiary/aromatic N) is 2. The number of carbonyl (C=O) groups excluding carboxylic acids is 1. The maximum Gasteiger partial charge on any atom is 0.324 e. The fraction of sp³-hybridized carbons (Fsp3) is 0.467. The lowest BCUT2D eigenvalue weighted by molar-refractivity contribution is -0.380. The molecule has 11 heteroatoms. The van der Waals surface area contributed by atoms with Crippen molar-refractivity contribution < 1.29 is 23.9 Å². The number of hydrogen-bond donors (Lipinski definition) is 0. The molecule has 2 rings (SSSR count). The van der Waals surface area contributed by atoms with E-state index in [4.69, 9.17) is 26.4 Å². The van der Waals surface area contributed by atoms with Crippen molar-refractivity contribution in [2.24, 2.45) is 0 Å². The maximum atomic E-state index is 12.4. The number of hydrogen-bond acceptors (Lipinski definition) is 9. The number of thiocarbonyl (C=S) groups is 1. The second-order valence-electron chi connectivity index (χ2n) is 4.98. The van der Waals surface area contributed by atoms with Crippen LogP contribution in [0.25, 0.3) is 6.08 Å². The van der Waals surface area contributed by atoms with E-state index >= 15 is 0 Å². The van der Waals surface area contributed by atoms with Crippen molar-refractivity contribution in [3.8, 4) is 0 Å². The summed E-state index contributed by atoms with van der Waals surface area (Å²) in [6.45, 7) is 2.63. The van der Waals surface area contributed by atoms with Crippen molar-refractivity contribution in [1.82, 2.24) is 4.90 Å². The zero-order valence-corrected chi connectivity index (χ0v) is 16.5. The highest BCUT2D eigenvalue weighted by Crippen LogP contribution is 2.34. The predicted molar refractivity (Wildman–Crippen MR) is 104 cm³/mol. The molecule has 0 unspecified atom stereocenters. The van der Waals surface area contributed by atoms with Gasteiger partial charge in [-0.1, -0.05) is 35.3 Å². The van der Waals surface area contributed by atoms with E-state index in [9.17, 15) is 14.9 Å². The Morgan fingerprint density at radius 2 is 1.92 bits per heavy atom. The van der Waals surface area contributed by atoms with Gasteiger partial charge in [0.15, 0.2) is 0 Å². The summed E-state index contributed by atoms with van der Waals surface area (Å²) in [5, 5.41) is 10.8. The van der Waals surface area contributed by atoms with Gasteiger partial charge < -0.3 is 14.2 Å². The molecule has 1 amide bonds. The third-order valence-corrected chi connectivity index (χ3v) is 5.56. The van der Waals surface area contributed by atoms with Gasteiger partial charge in [0.25, 0.3) is 5.91 Å². The normalized spacial score (nSPS) is 16.0. The van der Waals surface area contributed by atoms with E-state index in [-0.39, 0.29) is 10.9 Å². The minimum atomic E-state index is -0.455. The molecule has 8 nitrogen and oxygen atoms in total. The van der Waals surface area contributed by atoms with Gasteiger partial charge in [-0.2, -0.15) is 0 Å². The highest BCUT2D eigenvalue weighted by Gasteiger charge is 2.31. The van der Waals surface area contributed by atoms with Gasteiger partial charge >= 0.3 is 5.00 Å². The summed E-state index contributed by atoms with van der Waals surface area (Å²) in [4.78, 5) is 25.3. The highest BCUT2D eigenvalue weighted by molar-refractivity contribution is 8.26. The second-order valence-corrected chi connectivity index (χ2v) is 7.75. The molecule has 1 aliphatic heterocycles. The Hall–Kier alpha value is -1.37. The van der Waals surface area contributed by atoms with E-state index in [0.29, 0.717) is 53.7 Å². The maximum absolute atomic E-state index is 12.4. The van der Waals surface area contributed by atoms with Gasteiger partial charge in [-0.05, 0) is 12.1 Å². The van der Waals surface area contributed by atoms with Gasteiger partial charge in [-0.15, -0.1) is 0 Å². The SMILES string of the molecule is COCCOCCOCCN1C(=O)C(=Cc2ccc([N+](=O)[O-])s2)SC1=S. The molecule has 0 aromatic carbocycles. The van der Waals surface area contributed by atoms with Crippen molar-refractivity contribution in [3.63, 3.8) is 0 Å². The van der Waals surface area contributed by atoms with Gasteiger partial charge in [0, 0.05) is 18.1 Å². The summed E-state index contributed by atoms with van der Waals surface area (Å²) in [5.74, 6) is -0.212. The molecular weight excluding hydrogens is 400 g/mol. The molecule has 0 N–H and O–H groups in total. The standard InChI is InChI=1S/C15H18N2O6S3/c1-21-6-7-23-9-8-22-5-4-16-14(18)12(26-15(16)24)10-11-2-3-13(25-11)17(19)20/h2-3,10H,4-9H2,1H3. The number of rotatable bonds is 11. The quantitative estimate of drug-likeness (QED) is 0.178. The zero-order chi connectivity index (χ0) is 18.9. The molecule has 142 valence electrons. The van der Waals surface area contributed by atoms with Crippen LogP contribution in [0, 0.1) is 10.1 Å². The smallest absolute Gasteiger partial charge is 0.324 e. The lowest BCUT2D eigenvalue weighted by atomic mass is 10.3. The summed E-state index contributed by atoms with van der Waals surface area (Å²) >= 11 is 7.43. The van der Waals surface area contributed by atoms with Crippen molar-refractivity contribution >= 4 is 56.6 Å². The van der Waals surface area contributed by atoms with Crippen LogP contribution in [0.5, 0.6) is 0 Å². The summed E-state index contributed by atoms with van der Waals surface area (Å²) < 4.78 is 16.0. The average Bonchev–Trinajstić information content (AvgIpc) is 3.17. The van der Waals surface area contributed by atoms with Crippen LogP contribution in [0.2, 0.25) is 0 Å². The number of nitro groups is 1. The molecule has 0 radical (unpaired) electrons. The van der Waals surface area contributed by atoms with Gasteiger partial charge in [0.2, 0.25) is 0 Å². The molecule has 26 heavy (non-hydrogen) atoms. The van der Waals surface area contributed by atoms with E-state index < -0.39 is 4.92 Å². The van der Waals surface area contributed by atoms with Crippen molar-refractivity contribution in [3.05, 3.63) is 32.0 Å². The summed E-state index contributed by atoms with van der Waals surface area (Å²) in [6.07, 6.45) is 1.63. The van der Waals surface area contributed by atoms with E-state index in [1.807, 2.05) is 0 Å². The molecule has 1 aliphatic rings. The molecule has 0 bridgehead atoms. The van der Waals surface area contributed by atoms with E-state index in [1.54, 1.807) is 19.3 Å². The Labute approximate surface area is 164 Å². The molecule has 1 aromatic heterocycles. The zero-order valence-electron chi connectivity index (χ0n) is 14.0. The Morgan fingerprint density at radius 3 is 2.58 bits per heavy atom. The number of thiophene rings is 1. The first-order valence-electron chi connectivity index (χ1n) is 7.67. The molecule has 0 aliphatic carbocycles. The Kier molecular flexibility index (Phi) is 8.62. The third-order valence-electron chi connectivity index (χ3n) is 3.20. The summed E-state index contributed by atoms with van der Waals surface area (Å²) in [6, 6.07) is 3.03. The predicted octanol–water partition coefficient (Wildman–Crippen LogP) is 2.54. The van der Waals surface area contributed by atoms with Gasteiger partial charge in [-0.25, -0.2) is 0 Å². The third kappa shape index (κ3) is 6.11. The highest BCUT2D eigenvalue weighted by atomic mass is 32.2. The van der Waals surface area contributed by atoms with Crippen molar-refractivity contribution in [2.75, 3.05) is 46.7 Å². The van der Waals surface area contributed by atoms with Crippen LogP contribution >= 0.6 is 35.3 Å². The molecule has 1 fully saturated rings. The molecular formula is C15H18N2O6S3. The van der Waals surface area contributed by atoms with Gasteiger partial charge in [-0.3, -0.25) is 19.8 Å². The first kappa shape index (κ1) is 20.9. The largest absolute Gasteiger partial charge is 0.382 e. The summed E-state index contributed by atoms with van der Waals surface area (Å²) in [7, 11) is 1.61. The van der Waals surface area contributed by atoms with E-state index in [2.05, 4.69) is 0 Å². The Morgan fingerprint density at radius 1 is 1.23 bits per heavy atom. The van der Waals surface area contributed by atoms with Crippen LogP contribution in [-0.2, 0) is 19.0 Å². The Balaban J connectivity index is 1.79. The van der Waals surface area contributed by atoms with Gasteiger partial charge in [0.1, 0.15) is 4.32 Å². The molecule has 0 spiro atoms. The van der Waals surface area contributed by atoms with E-state index in [1.165, 1.54) is 22.7 Å². The van der Waals surface area contributed by atoms with Crippen LogP contribution in [0.3, 0.4) is 0 Å². The topological polar surface area (TPSA) is 91.1 Å². The molecule has 1 aromatic rings. The minimum Gasteiger partial charge on any atom is -0.382 e. The van der Waals surface area contributed by atoms with Crippen LogP contribution in [0.15, 0.2) is 17.0 Å². The van der Waals surface area contributed by atoms with Crippen molar-refractivity contribution in [1.29, 1.82) is 0 Å². The lowest BCUT2D eigenvalue weighted by Gasteiger charge is -2.14. The van der Waals surface area contributed by atoms with E-state index in [0.717, 1.165) is 11.3 Å². The summed E-state index contributed by atoms with van der Waals surface area (Å²) in [5.41, 5.74) is 0. The fourth-order valence-corrected chi connectivity index (χ4v) is 4.10. The molecule has 0 saturated carbocycles. The minimum absolute atomic E-state index is 0.0350. The monoisotopic (exact) mass is 418 g/mol. The number of carbonyl (C=O) groups is 1. The average molecular weight is 419 g/mol. The van der Waals surface area contributed by atoms with Gasteiger partial charge in [0.05, 0.1) is 49.4 Å². The van der Waals surface area contributed by atoms with Crippen LogP contribution in [-0.4, -0.2) is 66.7 Å².